The van der Waals surface area contributed by atoms with Crippen molar-refractivity contribution in [3.05, 3.63) is 30.1 Å². The lowest BCUT2D eigenvalue weighted by molar-refractivity contribution is -0.109. The first-order valence-corrected chi connectivity index (χ1v) is 4.93. The summed E-state index contributed by atoms with van der Waals surface area (Å²) >= 11 is 0. The Morgan fingerprint density at radius 3 is 2.93 bits per heavy atom. The molecule has 76 valence electrons. The van der Waals surface area contributed by atoms with Crippen LogP contribution in [0.4, 0.5) is 0 Å². The Hall–Kier alpha value is -1.22. The second-order valence-corrected chi connectivity index (χ2v) is 3.31. The largest absolute Gasteiger partial charge is 0.330 e. The quantitative estimate of drug-likeness (QED) is 0.549. The van der Waals surface area contributed by atoms with Gasteiger partial charge in [-0.3, -0.25) is 4.98 Å². The molecule has 0 fully saturated rings. The van der Waals surface area contributed by atoms with Crippen molar-refractivity contribution in [2.24, 2.45) is 5.73 Å². The summed E-state index contributed by atoms with van der Waals surface area (Å²) in [7, 11) is 0. The number of aldehydes is 1. The molecule has 1 heterocycles. The molecule has 0 saturated heterocycles. The van der Waals surface area contributed by atoms with Crippen LogP contribution in [0.3, 0.4) is 0 Å². The molecule has 1 rings (SSSR count). The Balaban J connectivity index is 2.50. The third-order valence-corrected chi connectivity index (χ3v) is 2.25. The molecule has 0 aliphatic heterocycles. The topological polar surface area (TPSA) is 56.0 Å². The molecule has 0 radical (unpaired) electrons. The van der Waals surface area contributed by atoms with E-state index >= 15 is 0 Å². The van der Waals surface area contributed by atoms with E-state index in [0.29, 0.717) is 6.54 Å². The van der Waals surface area contributed by atoms with E-state index in [1.54, 1.807) is 12.4 Å². The minimum atomic E-state index is -0.0183. The highest BCUT2D eigenvalue weighted by molar-refractivity contribution is 5.61. The molecule has 0 aliphatic rings. The van der Waals surface area contributed by atoms with E-state index in [4.69, 9.17) is 5.73 Å². The fourth-order valence-electron chi connectivity index (χ4n) is 1.42. The summed E-state index contributed by atoms with van der Waals surface area (Å²) < 4.78 is 0. The van der Waals surface area contributed by atoms with Crippen LogP contribution in [0, 0.1) is 0 Å². The number of carbonyl (C=O) groups excluding carboxylic acids is 1. The summed E-state index contributed by atoms with van der Waals surface area (Å²) in [5, 5.41) is 0. The van der Waals surface area contributed by atoms with Gasteiger partial charge in [0.15, 0.2) is 0 Å². The minimum Gasteiger partial charge on any atom is -0.330 e. The van der Waals surface area contributed by atoms with Gasteiger partial charge in [-0.05, 0) is 31.0 Å². The van der Waals surface area contributed by atoms with Crippen molar-refractivity contribution in [3.63, 3.8) is 0 Å². The Morgan fingerprint density at radius 1 is 1.50 bits per heavy atom. The third-order valence-electron chi connectivity index (χ3n) is 2.25. The van der Waals surface area contributed by atoms with E-state index in [0.717, 1.165) is 31.1 Å². The maximum absolute atomic E-state index is 10.8. The highest BCUT2D eigenvalue weighted by Gasteiger charge is 2.09. The van der Waals surface area contributed by atoms with Crippen molar-refractivity contribution < 1.29 is 4.79 Å². The van der Waals surface area contributed by atoms with Gasteiger partial charge in [-0.25, -0.2) is 0 Å². The molecule has 0 aliphatic carbocycles. The van der Waals surface area contributed by atoms with Crippen molar-refractivity contribution >= 4 is 6.29 Å². The lowest BCUT2D eigenvalue weighted by atomic mass is 9.96. The second kappa shape index (κ2) is 6.27. The van der Waals surface area contributed by atoms with E-state index in [9.17, 15) is 4.79 Å². The van der Waals surface area contributed by atoms with Gasteiger partial charge in [0, 0.05) is 18.3 Å². The van der Waals surface area contributed by atoms with E-state index < -0.39 is 0 Å². The van der Waals surface area contributed by atoms with Gasteiger partial charge in [-0.2, -0.15) is 0 Å². The van der Waals surface area contributed by atoms with Crippen LogP contribution < -0.4 is 5.73 Å². The molecule has 0 aromatic carbocycles. The smallest absolute Gasteiger partial charge is 0.127 e. The van der Waals surface area contributed by atoms with Gasteiger partial charge in [0.1, 0.15) is 6.29 Å². The Bertz CT molecular complexity index is 261. The highest BCUT2D eigenvalue weighted by atomic mass is 16.1. The van der Waals surface area contributed by atoms with Gasteiger partial charge in [-0.1, -0.05) is 12.5 Å². The molecule has 0 saturated carbocycles. The first-order valence-electron chi connectivity index (χ1n) is 4.93. The molecule has 2 N–H and O–H groups in total. The summed E-state index contributed by atoms with van der Waals surface area (Å²) in [5.41, 5.74) is 6.39. The first-order chi connectivity index (χ1) is 6.88. The molecular weight excluding hydrogens is 176 g/mol. The van der Waals surface area contributed by atoms with Gasteiger partial charge in [0.05, 0.1) is 0 Å². The van der Waals surface area contributed by atoms with Gasteiger partial charge in [-0.15, -0.1) is 0 Å². The maximum atomic E-state index is 10.8. The van der Waals surface area contributed by atoms with Crippen molar-refractivity contribution in [2.45, 2.75) is 25.2 Å². The molecule has 1 unspecified atom stereocenters. The van der Waals surface area contributed by atoms with Crippen molar-refractivity contribution in [3.8, 4) is 0 Å². The van der Waals surface area contributed by atoms with Crippen LogP contribution in [0.5, 0.6) is 0 Å². The summed E-state index contributed by atoms with van der Waals surface area (Å²) in [6, 6.07) is 3.79. The summed E-state index contributed by atoms with van der Waals surface area (Å²) in [4.78, 5) is 14.8. The number of carbonyl (C=O) groups is 1. The van der Waals surface area contributed by atoms with Crippen LogP contribution >= 0.6 is 0 Å². The van der Waals surface area contributed by atoms with E-state index in [1.165, 1.54) is 0 Å². The fraction of sp³-hybridized carbons (Fsp3) is 0.455. The summed E-state index contributed by atoms with van der Waals surface area (Å²) in [5.74, 6) is -0.0183. The first kappa shape index (κ1) is 10.9. The molecule has 14 heavy (non-hydrogen) atoms. The minimum absolute atomic E-state index is 0.0183. The third kappa shape index (κ3) is 3.26. The number of nitrogens with zero attached hydrogens (tertiary/aromatic N) is 1. The normalized spacial score (nSPS) is 12.4. The van der Waals surface area contributed by atoms with Crippen LogP contribution in [-0.4, -0.2) is 17.8 Å². The predicted octanol–water partition coefficient (Wildman–Crippen LogP) is 1.49. The average molecular weight is 192 g/mol. The predicted molar refractivity (Wildman–Crippen MR) is 55.9 cm³/mol. The van der Waals surface area contributed by atoms with E-state index in [-0.39, 0.29) is 5.92 Å². The molecule has 0 spiro atoms. The van der Waals surface area contributed by atoms with Gasteiger partial charge in [0.2, 0.25) is 0 Å². The number of aromatic nitrogens is 1. The second-order valence-electron chi connectivity index (χ2n) is 3.31. The van der Waals surface area contributed by atoms with Gasteiger partial charge < -0.3 is 10.5 Å². The number of nitrogens with two attached hydrogens (primary N) is 1. The number of pyridine rings is 1. The number of hydrogen-bond acceptors (Lipinski definition) is 3. The van der Waals surface area contributed by atoms with E-state index in [2.05, 4.69) is 4.98 Å². The maximum Gasteiger partial charge on any atom is 0.127 e. The molecular formula is C11H16N2O. The Kier molecular flexibility index (Phi) is 4.86. The molecule has 3 nitrogen and oxygen atoms in total. The van der Waals surface area contributed by atoms with Crippen LogP contribution in [0.2, 0.25) is 0 Å². The number of rotatable bonds is 6. The molecule has 0 amide bonds. The lowest BCUT2D eigenvalue weighted by Crippen LogP contribution is -2.03. The van der Waals surface area contributed by atoms with Crippen molar-refractivity contribution in [1.29, 1.82) is 0 Å². The van der Waals surface area contributed by atoms with Gasteiger partial charge in [0.25, 0.3) is 0 Å². The standard InChI is InChI=1S/C11H16N2O/c12-6-2-1-4-11(9-14)10-5-3-7-13-8-10/h3,5,7-9,11H,1-2,4,6,12H2. The molecule has 1 aromatic heterocycles. The van der Waals surface area contributed by atoms with E-state index in [1.807, 2.05) is 12.1 Å². The zero-order chi connectivity index (χ0) is 10.2. The van der Waals surface area contributed by atoms with Crippen LogP contribution in [0.15, 0.2) is 24.5 Å². The van der Waals surface area contributed by atoms with Crippen LogP contribution in [-0.2, 0) is 4.79 Å². The zero-order valence-electron chi connectivity index (χ0n) is 8.23. The van der Waals surface area contributed by atoms with Crippen LogP contribution in [0.1, 0.15) is 30.7 Å². The highest BCUT2D eigenvalue weighted by Crippen LogP contribution is 2.18. The monoisotopic (exact) mass is 192 g/mol. The Morgan fingerprint density at radius 2 is 2.36 bits per heavy atom. The summed E-state index contributed by atoms with van der Waals surface area (Å²) in [6.45, 7) is 0.693. The molecule has 1 aromatic rings. The average Bonchev–Trinajstić information content (AvgIpc) is 2.26. The lowest BCUT2D eigenvalue weighted by Gasteiger charge is -2.08. The Labute approximate surface area is 84.3 Å². The van der Waals surface area contributed by atoms with Crippen molar-refractivity contribution in [1.82, 2.24) is 4.98 Å². The SMILES string of the molecule is NCCCCC(C=O)c1cccnc1. The number of hydrogen-bond donors (Lipinski definition) is 1. The zero-order valence-corrected chi connectivity index (χ0v) is 8.23. The summed E-state index contributed by atoms with van der Waals surface area (Å²) in [6.07, 6.45) is 7.30. The number of unbranched alkanes of at least 4 members (excludes halogenated alkanes) is 1. The molecule has 1 atom stereocenters. The van der Waals surface area contributed by atoms with Crippen LogP contribution in [0.25, 0.3) is 0 Å². The fourth-order valence-corrected chi connectivity index (χ4v) is 1.42. The molecule has 3 heteroatoms. The van der Waals surface area contributed by atoms with Crippen molar-refractivity contribution in [2.75, 3.05) is 6.54 Å². The van der Waals surface area contributed by atoms with Gasteiger partial charge >= 0.3 is 0 Å². The molecule has 0 bridgehead atoms.